The number of oxime groups is 1. The zero-order valence-corrected chi connectivity index (χ0v) is 10.7. The third kappa shape index (κ3) is 1.65. The van der Waals surface area contributed by atoms with Crippen LogP contribution >= 0.6 is 0 Å². The highest BCUT2D eigenvalue weighted by Crippen LogP contribution is 2.32. The molecule has 0 bridgehead atoms. The van der Waals surface area contributed by atoms with Crippen molar-refractivity contribution in [3.8, 4) is 0 Å². The van der Waals surface area contributed by atoms with Gasteiger partial charge in [0.2, 0.25) is 11.9 Å². The van der Waals surface area contributed by atoms with Crippen molar-refractivity contribution in [2.24, 2.45) is 11.1 Å². The summed E-state index contributed by atoms with van der Waals surface area (Å²) >= 11 is 0. The molecule has 3 rings (SSSR count). The van der Waals surface area contributed by atoms with E-state index in [9.17, 15) is 14.4 Å². The SMILES string of the molecule is CCOC(=O)C1=NOC2C(=O)c3ccccc3C(=O)C12. The quantitative estimate of drug-likeness (QED) is 0.751. The Balaban J connectivity index is 2.02. The van der Waals surface area contributed by atoms with Crippen LogP contribution in [-0.4, -0.2) is 36.0 Å². The predicted octanol–water partition coefficient (Wildman–Crippen LogP) is 1.000. The number of ether oxygens (including phenoxy) is 1. The Morgan fingerprint density at radius 2 is 1.90 bits per heavy atom. The monoisotopic (exact) mass is 273 g/mol. The number of Topliss-reactive ketones (excluding diaryl/α,β-unsaturated/α-hetero) is 2. The molecule has 1 heterocycles. The van der Waals surface area contributed by atoms with Crippen LogP contribution in [0.1, 0.15) is 27.6 Å². The lowest BCUT2D eigenvalue weighted by molar-refractivity contribution is -0.135. The molecule has 1 aliphatic heterocycles. The van der Waals surface area contributed by atoms with Gasteiger partial charge < -0.3 is 9.57 Å². The molecule has 102 valence electrons. The molecule has 0 spiro atoms. The zero-order chi connectivity index (χ0) is 14.3. The van der Waals surface area contributed by atoms with E-state index >= 15 is 0 Å². The number of benzene rings is 1. The minimum Gasteiger partial charge on any atom is -0.461 e. The maximum atomic E-state index is 12.4. The van der Waals surface area contributed by atoms with Crippen LogP contribution in [0.2, 0.25) is 0 Å². The largest absolute Gasteiger partial charge is 0.461 e. The number of hydrogen-bond donors (Lipinski definition) is 0. The molecule has 20 heavy (non-hydrogen) atoms. The van der Waals surface area contributed by atoms with E-state index < -0.39 is 18.0 Å². The van der Waals surface area contributed by atoms with Gasteiger partial charge in [-0.15, -0.1) is 0 Å². The van der Waals surface area contributed by atoms with Gasteiger partial charge in [0.1, 0.15) is 5.92 Å². The number of carbonyl (C=O) groups is 3. The summed E-state index contributed by atoms with van der Waals surface area (Å²) < 4.78 is 4.83. The Bertz CT molecular complexity index is 649. The lowest BCUT2D eigenvalue weighted by Gasteiger charge is -2.23. The van der Waals surface area contributed by atoms with Crippen LogP contribution in [0, 0.1) is 5.92 Å². The van der Waals surface area contributed by atoms with Gasteiger partial charge in [-0.05, 0) is 6.92 Å². The van der Waals surface area contributed by atoms with Gasteiger partial charge in [0.15, 0.2) is 11.5 Å². The zero-order valence-electron chi connectivity index (χ0n) is 10.7. The van der Waals surface area contributed by atoms with Gasteiger partial charge in [0, 0.05) is 11.1 Å². The van der Waals surface area contributed by atoms with Crippen molar-refractivity contribution < 1.29 is 24.0 Å². The maximum absolute atomic E-state index is 12.4. The number of fused-ring (bicyclic) bond motifs is 2. The number of ketones is 2. The fourth-order valence-electron chi connectivity index (χ4n) is 2.44. The van der Waals surface area contributed by atoms with E-state index in [-0.39, 0.29) is 23.9 Å². The molecule has 0 saturated heterocycles. The molecule has 6 heteroatoms. The highest BCUT2D eigenvalue weighted by Gasteiger charge is 2.51. The number of hydrogen-bond acceptors (Lipinski definition) is 6. The van der Waals surface area contributed by atoms with Crippen LogP contribution < -0.4 is 0 Å². The molecule has 0 aromatic heterocycles. The summed E-state index contributed by atoms with van der Waals surface area (Å²) in [6, 6.07) is 6.47. The molecule has 2 unspecified atom stereocenters. The summed E-state index contributed by atoms with van der Waals surface area (Å²) in [4.78, 5) is 41.5. The maximum Gasteiger partial charge on any atom is 0.357 e. The Morgan fingerprint density at radius 1 is 1.25 bits per heavy atom. The minimum absolute atomic E-state index is 0.135. The molecule has 1 aromatic rings. The van der Waals surface area contributed by atoms with Crippen molar-refractivity contribution in [1.29, 1.82) is 0 Å². The van der Waals surface area contributed by atoms with Crippen LogP contribution in [0.4, 0.5) is 0 Å². The van der Waals surface area contributed by atoms with Crippen LogP contribution in [0.3, 0.4) is 0 Å². The summed E-state index contributed by atoms with van der Waals surface area (Å²) in [5.74, 6) is -2.40. The molecular formula is C14H11NO5. The van der Waals surface area contributed by atoms with E-state index in [1.165, 1.54) is 0 Å². The van der Waals surface area contributed by atoms with E-state index in [2.05, 4.69) is 5.16 Å². The molecule has 1 aliphatic carbocycles. The van der Waals surface area contributed by atoms with Gasteiger partial charge in [0.05, 0.1) is 6.61 Å². The fourth-order valence-corrected chi connectivity index (χ4v) is 2.44. The molecule has 2 atom stereocenters. The van der Waals surface area contributed by atoms with Gasteiger partial charge in [0.25, 0.3) is 0 Å². The molecular weight excluding hydrogens is 262 g/mol. The number of carbonyl (C=O) groups excluding carboxylic acids is 3. The molecule has 0 fully saturated rings. The minimum atomic E-state index is -1.06. The van der Waals surface area contributed by atoms with E-state index in [0.29, 0.717) is 11.1 Å². The Labute approximate surface area is 114 Å². The summed E-state index contributed by atoms with van der Waals surface area (Å²) in [5, 5.41) is 3.58. The molecule has 0 radical (unpaired) electrons. The molecule has 2 aliphatic rings. The van der Waals surface area contributed by atoms with Gasteiger partial charge in [-0.2, -0.15) is 0 Å². The first kappa shape index (κ1) is 12.5. The smallest absolute Gasteiger partial charge is 0.357 e. The van der Waals surface area contributed by atoms with Crippen LogP contribution in [0.15, 0.2) is 29.4 Å². The van der Waals surface area contributed by atoms with Gasteiger partial charge in [-0.3, -0.25) is 9.59 Å². The molecule has 0 amide bonds. The lowest BCUT2D eigenvalue weighted by atomic mass is 9.78. The van der Waals surface area contributed by atoms with Crippen molar-refractivity contribution in [1.82, 2.24) is 0 Å². The molecule has 1 aromatic carbocycles. The highest BCUT2D eigenvalue weighted by atomic mass is 16.7. The van der Waals surface area contributed by atoms with Crippen LogP contribution in [0.5, 0.6) is 0 Å². The van der Waals surface area contributed by atoms with Crippen molar-refractivity contribution in [2.45, 2.75) is 13.0 Å². The summed E-state index contributed by atoms with van der Waals surface area (Å²) in [6.07, 6.45) is -1.06. The van der Waals surface area contributed by atoms with Crippen molar-refractivity contribution in [3.05, 3.63) is 35.4 Å². The number of nitrogens with zero attached hydrogens (tertiary/aromatic N) is 1. The first-order valence-electron chi connectivity index (χ1n) is 6.23. The third-order valence-corrected chi connectivity index (χ3v) is 3.35. The van der Waals surface area contributed by atoms with E-state index in [1.54, 1.807) is 31.2 Å². The normalized spacial score (nSPS) is 23.6. The average Bonchev–Trinajstić information content (AvgIpc) is 2.90. The second-order valence-corrected chi connectivity index (χ2v) is 4.47. The molecule has 6 nitrogen and oxygen atoms in total. The van der Waals surface area contributed by atoms with Crippen molar-refractivity contribution in [2.75, 3.05) is 6.61 Å². The first-order chi connectivity index (χ1) is 9.65. The van der Waals surface area contributed by atoms with Gasteiger partial charge >= 0.3 is 5.97 Å². The van der Waals surface area contributed by atoms with Crippen molar-refractivity contribution >= 4 is 23.2 Å². The Kier molecular flexibility index (Phi) is 2.85. The number of esters is 1. The van der Waals surface area contributed by atoms with Gasteiger partial charge in [-0.25, -0.2) is 4.79 Å². The molecule has 0 saturated carbocycles. The van der Waals surface area contributed by atoms with Crippen molar-refractivity contribution in [3.63, 3.8) is 0 Å². The second-order valence-electron chi connectivity index (χ2n) is 4.47. The lowest BCUT2D eigenvalue weighted by Crippen LogP contribution is -2.44. The van der Waals surface area contributed by atoms with Crippen LogP contribution in [0.25, 0.3) is 0 Å². The van der Waals surface area contributed by atoms with E-state index in [0.717, 1.165) is 0 Å². The summed E-state index contributed by atoms with van der Waals surface area (Å²) in [5.41, 5.74) is 0.463. The highest BCUT2D eigenvalue weighted by molar-refractivity contribution is 6.44. The summed E-state index contributed by atoms with van der Waals surface area (Å²) in [7, 11) is 0. The second kappa shape index (κ2) is 4.56. The summed E-state index contributed by atoms with van der Waals surface area (Å²) in [6.45, 7) is 1.81. The van der Waals surface area contributed by atoms with E-state index in [1.807, 2.05) is 0 Å². The fraction of sp³-hybridized carbons (Fsp3) is 0.286. The first-order valence-corrected chi connectivity index (χ1v) is 6.23. The average molecular weight is 273 g/mol. The van der Waals surface area contributed by atoms with E-state index in [4.69, 9.17) is 9.57 Å². The molecule has 0 N–H and O–H groups in total. The predicted molar refractivity (Wildman–Crippen MR) is 67.5 cm³/mol. The standard InChI is InChI=1S/C14H11NO5/c1-2-19-14(18)10-9-11(16)7-5-3-4-6-8(7)12(17)13(9)20-15-10/h3-6,9,13H,2H2,1H3. The third-order valence-electron chi connectivity index (χ3n) is 3.35. The van der Waals surface area contributed by atoms with Gasteiger partial charge in [-0.1, -0.05) is 29.4 Å². The topological polar surface area (TPSA) is 82.0 Å². The Hall–Kier alpha value is -2.50. The Morgan fingerprint density at radius 3 is 2.55 bits per heavy atom. The van der Waals surface area contributed by atoms with Crippen LogP contribution in [-0.2, 0) is 14.4 Å². The number of rotatable bonds is 2.